The fourth-order valence-electron chi connectivity index (χ4n) is 7.54. The molecule has 1 saturated heterocycles. The molecule has 58 heavy (non-hydrogen) atoms. The molecule has 3 N–H and O–H groups in total. The van der Waals surface area contributed by atoms with E-state index in [-0.39, 0.29) is 31.2 Å². The molecule has 1 aromatic carbocycles. The van der Waals surface area contributed by atoms with Crippen molar-refractivity contribution in [3.63, 3.8) is 0 Å². The summed E-state index contributed by atoms with van der Waals surface area (Å²) < 4.78 is 84.9. The third-order valence-corrected chi connectivity index (χ3v) is 14.3. The highest BCUT2D eigenvalue weighted by Gasteiger charge is 2.63. The molecule has 1 aromatic heterocycles. The Bertz CT molecular complexity index is 2110. The van der Waals surface area contributed by atoms with Gasteiger partial charge in [-0.3, -0.25) is 19.1 Å². The summed E-state index contributed by atoms with van der Waals surface area (Å²) in [5.74, 6) is -3.20. The van der Waals surface area contributed by atoms with E-state index in [1.807, 2.05) is 13.0 Å². The number of benzene rings is 1. The first-order valence-electron chi connectivity index (χ1n) is 19.2. The number of nitrogens with one attached hydrogen (secondary N) is 3. The lowest BCUT2D eigenvalue weighted by Crippen LogP contribution is -2.59. The van der Waals surface area contributed by atoms with E-state index in [0.29, 0.717) is 67.6 Å². The first-order valence-corrected chi connectivity index (χ1v) is 21.1. The average molecular weight is 856 g/mol. The van der Waals surface area contributed by atoms with Crippen molar-refractivity contribution in [2.45, 2.75) is 120 Å². The van der Waals surface area contributed by atoms with Gasteiger partial charge >= 0.3 is 12.3 Å². The number of halogens is 4. The van der Waals surface area contributed by atoms with Crippen molar-refractivity contribution >= 4 is 56.3 Å². The van der Waals surface area contributed by atoms with Crippen molar-refractivity contribution in [1.82, 2.24) is 25.2 Å². The third-order valence-electron chi connectivity index (χ3n) is 11.8. The van der Waals surface area contributed by atoms with Gasteiger partial charge in [0.2, 0.25) is 33.3 Å². The van der Waals surface area contributed by atoms with Crippen LogP contribution in [0.25, 0.3) is 10.9 Å². The number of alkyl halides is 3. The van der Waals surface area contributed by atoms with Crippen LogP contribution < -0.4 is 24.8 Å². The summed E-state index contributed by atoms with van der Waals surface area (Å²) in [7, 11) is -2.59. The van der Waals surface area contributed by atoms with Crippen LogP contribution in [0.2, 0.25) is 5.02 Å². The van der Waals surface area contributed by atoms with E-state index in [1.165, 1.54) is 20.1 Å². The zero-order valence-corrected chi connectivity index (χ0v) is 34.6. The molecule has 14 nitrogen and oxygen atoms in total. The van der Waals surface area contributed by atoms with E-state index in [2.05, 4.69) is 20.3 Å². The highest BCUT2D eigenvalue weighted by Crippen LogP contribution is 2.48. The summed E-state index contributed by atoms with van der Waals surface area (Å²) in [6, 6.07) is 3.76. The maximum atomic E-state index is 14.7. The van der Waals surface area contributed by atoms with Crippen molar-refractivity contribution in [3.05, 3.63) is 41.4 Å². The molecule has 4 aliphatic rings. The maximum absolute atomic E-state index is 14.7. The van der Waals surface area contributed by atoms with Gasteiger partial charge in [-0.15, -0.1) is 0 Å². The Morgan fingerprint density at radius 2 is 1.81 bits per heavy atom. The van der Waals surface area contributed by atoms with Crippen molar-refractivity contribution in [2.75, 3.05) is 13.7 Å². The van der Waals surface area contributed by atoms with Crippen molar-refractivity contribution in [2.24, 2.45) is 17.8 Å². The number of aromatic nitrogens is 1. The van der Waals surface area contributed by atoms with Crippen molar-refractivity contribution in [1.29, 1.82) is 0 Å². The molecule has 0 bridgehead atoms. The molecule has 3 heterocycles. The number of carbonyl (C=O) groups excluding carboxylic acids is 4. The average Bonchev–Trinajstić information content (AvgIpc) is 4.01. The molecule has 0 spiro atoms. The van der Waals surface area contributed by atoms with Gasteiger partial charge in [0.25, 0.3) is 5.91 Å². The molecule has 2 aliphatic heterocycles. The van der Waals surface area contributed by atoms with E-state index >= 15 is 0 Å². The molecule has 2 saturated carbocycles. The number of allylic oxidation sites excluding steroid dienone is 1. The quantitative estimate of drug-likeness (QED) is 0.284. The van der Waals surface area contributed by atoms with Crippen LogP contribution in [0.1, 0.15) is 79.6 Å². The number of fused-ring (bicyclic) bond motifs is 3. The van der Waals surface area contributed by atoms with Crippen LogP contribution in [-0.2, 0) is 29.1 Å². The number of hydrogen-bond acceptors (Lipinski definition) is 10. The van der Waals surface area contributed by atoms with Crippen molar-refractivity contribution in [3.8, 4) is 11.6 Å². The molecular formula is C39H49ClF3N5O9S. The Balaban J connectivity index is 1.35. The van der Waals surface area contributed by atoms with Gasteiger partial charge in [-0.1, -0.05) is 37.6 Å². The molecular weight excluding hydrogens is 807 g/mol. The number of nitrogens with zero attached hydrogens (tertiary/aromatic N) is 2. The number of sulfonamides is 1. The second-order valence-electron chi connectivity index (χ2n) is 16.8. The molecule has 19 heteroatoms. The van der Waals surface area contributed by atoms with E-state index in [4.69, 9.17) is 25.8 Å². The molecule has 4 amide bonds. The lowest BCUT2D eigenvalue weighted by atomic mass is 9.88. The number of methoxy groups -OCH3 is 1. The van der Waals surface area contributed by atoms with Crippen LogP contribution in [0, 0.1) is 17.8 Å². The summed E-state index contributed by atoms with van der Waals surface area (Å²) in [5.41, 5.74) is -4.11. The lowest BCUT2D eigenvalue weighted by molar-refractivity contribution is -0.244. The molecule has 2 aliphatic carbocycles. The summed E-state index contributed by atoms with van der Waals surface area (Å²) in [6.45, 7) is 6.25. The van der Waals surface area contributed by atoms with Crippen LogP contribution in [0.15, 0.2) is 36.4 Å². The zero-order chi connectivity index (χ0) is 42.6. The lowest BCUT2D eigenvalue weighted by Gasteiger charge is -2.34. The second kappa shape index (κ2) is 15.7. The number of hydrogen-bond donors (Lipinski definition) is 3. The fraction of sp³-hybridized carbons (Fsp3) is 0.615. The smallest absolute Gasteiger partial charge is 0.427 e. The van der Waals surface area contributed by atoms with Crippen LogP contribution >= 0.6 is 11.6 Å². The monoisotopic (exact) mass is 855 g/mol. The molecule has 7 unspecified atom stereocenters. The number of alkyl carbamates (subject to hydrolysis) is 1. The predicted octanol–water partition coefficient (Wildman–Crippen LogP) is 5.57. The summed E-state index contributed by atoms with van der Waals surface area (Å²) in [6.07, 6.45) is -1.51. The maximum Gasteiger partial charge on any atom is 0.427 e. The highest BCUT2D eigenvalue weighted by molar-refractivity contribution is 7.91. The molecule has 6 rings (SSSR count). The first kappa shape index (κ1) is 43.3. The van der Waals surface area contributed by atoms with Crippen LogP contribution in [0.4, 0.5) is 18.0 Å². The number of pyridine rings is 1. The van der Waals surface area contributed by atoms with Gasteiger partial charge in [0.1, 0.15) is 29.5 Å². The highest BCUT2D eigenvalue weighted by atomic mass is 35.5. The second-order valence-corrected chi connectivity index (χ2v) is 19.4. The molecule has 3 fully saturated rings. The molecule has 318 valence electrons. The van der Waals surface area contributed by atoms with Crippen molar-refractivity contribution < 1.29 is 55.0 Å². The molecule has 7 atom stereocenters. The van der Waals surface area contributed by atoms with Gasteiger partial charge in [-0.25, -0.2) is 18.2 Å². The predicted molar refractivity (Wildman–Crippen MR) is 206 cm³/mol. The largest absolute Gasteiger partial charge is 0.497 e. The van der Waals surface area contributed by atoms with Crippen LogP contribution in [-0.4, -0.2) is 96.0 Å². The van der Waals surface area contributed by atoms with Crippen LogP contribution in [0.5, 0.6) is 11.6 Å². The number of rotatable bonds is 8. The Labute approximate surface area is 340 Å². The minimum Gasteiger partial charge on any atom is -0.497 e. The Kier molecular flexibility index (Phi) is 11.7. The number of amides is 4. The SMILES string of the molecule is COc1ccc2c(Cl)cc(OC3CC4C(=O)NC5(C(=O)NS(=O)(=O)C6(C)CC6)CC5C=CCCC(C)CC(C)C(NC(=O)OC(C)(C)C(F)(F)F)C(=O)N4C3)nc2c1. The Morgan fingerprint density at radius 1 is 1.10 bits per heavy atom. The van der Waals surface area contributed by atoms with E-state index in [0.717, 1.165) is 4.90 Å². The van der Waals surface area contributed by atoms with E-state index < -0.39 is 85.9 Å². The molecule has 2 aromatic rings. The summed E-state index contributed by atoms with van der Waals surface area (Å²) >= 11 is 6.57. The van der Waals surface area contributed by atoms with Gasteiger partial charge in [-0.05, 0) is 83.3 Å². The number of carbonyl (C=O) groups is 4. The summed E-state index contributed by atoms with van der Waals surface area (Å²) in [4.78, 5) is 61.9. The van der Waals surface area contributed by atoms with Gasteiger partial charge in [0.05, 0.1) is 28.9 Å². The standard InChI is InChI=1S/C39H49ClF3N5O9S/c1-21-9-7-8-10-23-19-38(23,34(51)47-58(53,54)37(5)13-14-37)46-32(49)29-17-25(56-30-18-27(40)26-12-11-24(55-6)16-28(26)44-30)20-48(29)33(50)31(22(2)15-21)45-35(52)57-36(3,4)39(41,42)43/h8,10-12,16,18,21-23,25,29,31H,7,9,13-15,17,19-20H2,1-6H3,(H,45,52)(H,46,49)(H,47,51). The van der Waals surface area contributed by atoms with Gasteiger partial charge in [0, 0.05) is 29.9 Å². The third kappa shape index (κ3) is 8.82. The normalized spacial score (nSPS) is 28.9. The topological polar surface area (TPSA) is 182 Å². The number of ether oxygens (including phenoxy) is 3. The van der Waals surface area contributed by atoms with Crippen LogP contribution in [0.3, 0.4) is 0 Å². The van der Waals surface area contributed by atoms with Gasteiger partial charge in [-0.2, -0.15) is 13.2 Å². The minimum atomic E-state index is -4.92. The van der Waals surface area contributed by atoms with Gasteiger partial charge in [0.15, 0.2) is 0 Å². The first-order chi connectivity index (χ1) is 27.0. The van der Waals surface area contributed by atoms with Gasteiger partial charge < -0.3 is 29.7 Å². The Morgan fingerprint density at radius 3 is 2.47 bits per heavy atom. The summed E-state index contributed by atoms with van der Waals surface area (Å²) in [5, 5.41) is 6.05. The van der Waals surface area contributed by atoms with E-state index in [9.17, 15) is 40.8 Å². The Hall–Kier alpha value is -4.32. The zero-order valence-electron chi connectivity index (χ0n) is 33.1. The van der Waals surface area contributed by atoms with E-state index in [1.54, 1.807) is 31.2 Å². The minimum absolute atomic E-state index is 0.0474. The molecule has 0 radical (unpaired) electrons. The fourth-order valence-corrected chi connectivity index (χ4v) is 9.11.